The van der Waals surface area contributed by atoms with Crippen molar-refractivity contribution >= 4 is 17.3 Å². The first-order valence-corrected chi connectivity index (χ1v) is 6.09. The molecule has 3 nitrogen and oxygen atoms in total. The molecule has 2 N–H and O–H groups in total. The molecule has 1 aromatic rings. The predicted octanol–water partition coefficient (Wildman–Crippen LogP) is 2.03. The van der Waals surface area contributed by atoms with Gasteiger partial charge in [-0.2, -0.15) is 0 Å². The van der Waals surface area contributed by atoms with Gasteiger partial charge < -0.3 is 15.4 Å². The molecule has 1 aliphatic rings. The topological polar surface area (TPSA) is 38.5 Å². The van der Waals surface area contributed by atoms with Crippen LogP contribution in [0.5, 0.6) is 0 Å². The Bertz CT molecular complexity index is 387. The van der Waals surface area contributed by atoms with E-state index in [-0.39, 0.29) is 16.9 Å². The summed E-state index contributed by atoms with van der Waals surface area (Å²) in [5.74, 6) is -0.390. The van der Waals surface area contributed by atoms with Crippen molar-refractivity contribution < 1.29 is 9.13 Å². The summed E-state index contributed by atoms with van der Waals surface area (Å²) in [4.78, 5) is 2.18. The number of anilines is 1. The normalized spacial score (nSPS) is 20.6. The molecule has 2 rings (SSSR count). The average Bonchev–Trinajstić information content (AvgIpc) is 2.34. The molecule has 1 aliphatic heterocycles. The quantitative estimate of drug-likeness (QED) is 0.902. The van der Waals surface area contributed by atoms with Gasteiger partial charge in [0.1, 0.15) is 5.82 Å². The Labute approximate surface area is 105 Å². The molecular formula is C12H16ClFN2O. The van der Waals surface area contributed by atoms with Crippen LogP contribution in [-0.2, 0) is 4.74 Å². The number of benzene rings is 1. The maximum Gasteiger partial charge on any atom is 0.141 e. The monoisotopic (exact) mass is 258 g/mol. The van der Waals surface area contributed by atoms with E-state index in [1.54, 1.807) is 12.1 Å². The maximum absolute atomic E-state index is 13.1. The van der Waals surface area contributed by atoms with Gasteiger partial charge >= 0.3 is 0 Å². The zero-order chi connectivity index (χ0) is 12.3. The zero-order valence-electron chi connectivity index (χ0n) is 9.53. The summed E-state index contributed by atoms with van der Waals surface area (Å²) >= 11 is 5.80. The Kier molecular flexibility index (Phi) is 4.20. The lowest BCUT2D eigenvalue weighted by Crippen LogP contribution is -2.46. The van der Waals surface area contributed by atoms with Crippen molar-refractivity contribution in [2.75, 3.05) is 31.2 Å². The number of nitrogens with zero attached hydrogens (tertiary/aromatic N) is 1. The average molecular weight is 259 g/mol. The van der Waals surface area contributed by atoms with Crippen molar-refractivity contribution in [3.8, 4) is 0 Å². The molecule has 94 valence electrons. The highest BCUT2D eigenvalue weighted by Gasteiger charge is 2.23. The van der Waals surface area contributed by atoms with Gasteiger partial charge in [-0.05, 0) is 31.2 Å². The molecule has 0 amide bonds. The van der Waals surface area contributed by atoms with Crippen molar-refractivity contribution in [1.29, 1.82) is 0 Å². The first kappa shape index (κ1) is 12.6. The number of nitrogens with two attached hydrogens (primary N) is 1. The summed E-state index contributed by atoms with van der Waals surface area (Å²) in [6.07, 6.45) is 0.856. The third-order valence-electron chi connectivity index (χ3n) is 2.96. The van der Waals surface area contributed by atoms with Gasteiger partial charge in [-0.15, -0.1) is 0 Å². The van der Waals surface area contributed by atoms with E-state index in [0.29, 0.717) is 19.8 Å². The number of hydrogen-bond donors (Lipinski definition) is 1. The van der Waals surface area contributed by atoms with Crippen molar-refractivity contribution in [2.45, 2.75) is 12.5 Å². The van der Waals surface area contributed by atoms with Crippen LogP contribution < -0.4 is 10.6 Å². The molecule has 0 spiro atoms. The minimum atomic E-state index is -0.390. The highest BCUT2D eigenvalue weighted by atomic mass is 35.5. The van der Waals surface area contributed by atoms with Crippen LogP contribution in [0.2, 0.25) is 5.02 Å². The van der Waals surface area contributed by atoms with Gasteiger partial charge in [0.25, 0.3) is 0 Å². The molecule has 1 unspecified atom stereocenters. The summed E-state index contributed by atoms with van der Waals surface area (Å²) in [5, 5.41) is 0.153. The third kappa shape index (κ3) is 2.89. The van der Waals surface area contributed by atoms with Crippen LogP contribution in [0.15, 0.2) is 18.2 Å². The lowest BCUT2D eigenvalue weighted by molar-refractivity contribution is 0.0922. The number of halogens is 2. The van der Waals surface area contributed by atoms with Gasteiger partial charge in [0.05, 0.1) is 24.3 Å². The van der Waals surface area contributed by atoms with E-state index in [0.717, 1.165) is 18.7 Å². The fourth-order valence-electron chi connectivity index (χ4n) is 2.09. The van der Waals surface area contributed by atoms with Crippen LogP contribution in [0, 0.1) is 5.82 Å². The number of rotatable bonds is 3. The fraction of sp³-hybridized carbons (Fsp3) is 0.500. The summed E-state index contributed by atoms with van der Waals surface area (Å²) in [6.45, 7) is 2.73. The van der Waals surface area contributed by atoms with Crippen LogP contribution in [0.4, 0.5) is 10.1 Å². The standard InChI is InChI=1S/C12H16ClFN2O/c13-11-7-9(1-2-12(11)14)16-5-6-17-8-10(16)3-4-15/h1-2,7,10H,3-6,8,15H2. The number of hydrogen-bond acceptors (Lipinski definition) is 3. The van der Waals surface area contributed by atoms with Gasteiger partial charge in [0.15, 0.2) is 0 Å². The Morgan fingerprint density at radius 1 is 1.53 bits per heavy atom. The molecule has 0 radical (unpaired) electrons. The highest BCUT2D eigenvalue weighted by molar-refractivity contribution is 6.31. The lowest BCUT2D eigenvalue weighted by Gasteiger charge is -2.37. The smallest absolute Gasteiger partial charge is 0.141 e. The van der Waals surface area contributed by atoms with Crippen LogP contribution in [0.3, 0.4) is 0 Å². The summed E-state index contributed by atoms with van der Waals surface area (Å²) in [5.41, 5.74) is 6.51. The molecule has 17 heavy (non-hydrogen) atoms. The van der Waals surface area contributed by atoms with Crippen molar-refractivity contribution in [2.24, 2.45) is 5.73 Å². The van der Waals surface area contributed by atoms with E-state index in [9.17, 15) is 4.39 Å². The molecule has 1 aromatic carbocycles. The lowest BCUT2D eigenvalue weighted by atomic mass is 10.1. The molecule has 1 saturated heterocycles. The number of ether oxygens (including phenoxy) is 1. The van der Waals surface area contributed by atoms with Crippen LogP contribution >= 0.6 is 11.6 Å². The molecule has 0 aliphatic carbocycles. The second-order valence-corrected chi connectivity index (χ2v) is 4.51. The predicted molar refractivity (Wildman–Crippen MR) is 67.0 cm³/mol. The van der Waals surface area contributed by atoms with Crippen molar-refractivity contribution in [3.63, 3.8) is 0 Å². The molecule has 1 atom stereocenters. The molecule has 0 saturated carbocycles. The molecule has 1 heterocycles. The molecule has 0 aromatic heterocycles. The maximum atomic E-state index is 13.1. The summed E-state index contributed by atoms with van der Waals surface area (Å²) in [7, 11) is 0. The molecule has 0 bridgehead atoms. The molecule has 1 fully saturated rings. The van der Waals surface area contributed by atoms with Gasteiger partial charge in [0, 0.05) is 12.2 Å². The second kappa shape index (κ2) is 5.67. The Morgan fingerprint density at radius 2 is 2.35 bits per heavy atom. The van der Waals surface area contributed by atoms with Gasteiger partial charge in [-0.1, -0.05) is 11.6 Å². The SMILES string of the molecule is NCCC1COCCN1c1ccc(F)c(Cl)c1. The van der Waals surface area contributed by atoms with E-state index >= 15 is 0 Å². The van der Waals surface area contributed by atoms with Gasteiger partial charge in [0.2, 0.25) is 0 Å². The second-order valence-electron chi connectivity index (χ2n) is 4.10. The first-order valence-electron chi connectivity index (χ1n) is 5.72. The van der Waals surface area contributed by atoms with Crippen molar-refractivity contribution in [1.82, 2.24) is 0 Å². The Hall–Kier alpha value is -0.840. The minimum absolute atomic E-state index is 0.153. The summed E-state index contributed by atoms with van der Waals surface area (Å²) < 4.78 is 18.6. The number of morpholine rings is 1. The van der Waals surface area contributed by atoms with Crippen LogP contribution in [0.1, 0.15) is 6.42 Å². The summed E-state index contributed by atoms with van der Waals surface area (Å²) in [6, 6.07) is 5.05. The van der Waals surface area contributed by atoms with E-state index in [1.807, 2.05) is 0 Å². The Balaban J connectivity index is 2.20. The van der Waals surface area contributed by atoms with E-state index in [1.165, 1.54) is 6.07 Å². The van der Waals surface area contributed by atoms with E-state index in [2.05, 4.69) is 4.90 Å². The van der Waals surface area contributed by atoms with Gasteiger partial charge in [-0.25, -0.2) is 4.39 Å². The minimum Gasteiger partial charge on any atom is -0.377 e. The third-order valence-corrected chi connectivity index (χ3v) is 3.25. The van der Waals surface area contributed by atoms with E-state index < -0.39 is 0 Å². The van der Waals surface area contributed by atoms with Crippen LogP contribution in [-0.4, -0.2) is 32.3 Å². The largest absolute Gasteiger partial charge is 0.377 e. The zero-order valence-corrected chi connectivity index (χ0v) is 10.3. The highest BCUT2D eigenvalue weighted by Crippen LogP contribution is 2.26. The van der Waals surface area contributed by atoms with E-state index in [4.69, 9.17) is 22.1 Å². The molecular weight excluding hydrogens is 243 g/mol. The first-order chi connectivity index (χ1) is 8.22. The van der Waals surface area contributed by atoms with Gasteiger partial charge in [-0.3, -0.25) is 0 Å². The fourth-order valence-corrected chi connectivity index (χ4v) is 2.26. The van der Waals surface area contributed by atoms with Crippen LogP contribution in [0.25, 0.3) is 0 Å². The Morgan fingerprint density at radius 3 is 3.06 bits per heavy atom. The molecule has 5 heteroatoms. The van der Waals surface area contributed by atoms with Crippen molar-refractivity contribution in [3.05, 3.63) is 29.0 Å².